The molecule has 1 fully saturated rings. The molecular weight excluding hydrogens is 387 g/mol. The number of nitrogens with one attached hydrogen (secondary N) is 1. The van der Waals surface area contributed by atoms with Gasteiger partial charge in [-0.1, -0.05) is 0 Å². The minimum atomic E-state index is -0.647. The second-order valence-corrected chi connectivity index (χ2v) is 7.05. The smallest absolute Gasteiger partial charge is 0.263 e. The van der Waals surface area contributed by atoms with Crippen molar-refractivity contribution >= 4 is 17.5 Å². The molecule has 1 unspecified atom stereocenters. The van der Waals surface area contributed by atoms with Gasteiger partial charge in [0.05, 0.1) is 18.2 Å². The summed E-state index contributed by atoms with van der Waals surface area (Å²) in [5.74, 6) is -0.120. The zero-order valence-electron chi connectivity index (χ0n) is 16.7. The van der Waals surface area contributed by atoms with E-state index in [1.54, 1.807) is 36.1 Å². The Kier molecular flexibility index (Phi) is 6.99. The number of carbonyl (C=O) groups excluding carboxylic acids is 2. The van der Waals surface area contributed by atoms with E-state index in [4.69, 9.17) is 10.00 Å². The maximum absolute atomic E-state index is 12.9. The van der Waals surface area contributed by atoms with Gasteiger partial charge in [-0.05, 0) is 55.5 Å². The molecule has 0 aliphatic carbocycles. The molecule has 1 N–H and O–H groups in total. The number of carbonyl (C=O) groups is 2. The minimum absolute atomic E-state index is 0.116. The number of anilines is 1. The Labute approximate surface area is 174 Å². The zero-order valence-corrected chi connectivity index (χ0v) is 16.7. The number of amides is 2. The molecule has 30 heavy (non-hydrogen) atoms. The third-order valence-electron chi connectivity index (χ3n) is 4.82. The Morgan fingerprint density at radius 2 is 1.73 bits per heavy atom. The molecule has 1 saturated heterocycles. The molecular formula is C22H23FN4O3. The van der Waals surface area contributed by atoms with Crippen LogP contribution in [0.4, 0.5) is 10.1 Å². The summed E-state index contributed by atoms with van der Waals surface area (Å²) in [5, 5.41) is 11.6. The van der Waals surface area contributed by atoms with Gasteiger partial charge >= 0.3 is 0 Å². The first-order valence-corrected chi connectivity index (χ1v) is 9.68. The predicted molar refractivity (Wildman–Crippen MR) is 109 cm³/mol. The molecule has 0 saturated carbocycles. The van der Waals surface area contributed by atoms with Crippen molar-refractivity contribution in [2.75, 3.05) is 38.0 Å². The van der Waals surface area contributed by atoms with Crippen LogP contribution in [0.5, 0.6) is 5.75 Å². The van der Waals surface area contributed by atoms with Crippen LogP contribution in [-0.2, 0) is 9.59 Å². The fraction of sp³-hybridized carbons (Fsp3) is 0.318. The van der Waals surface area contributed by atoms with Gasteiger partial charge in [-0.3, -0.25) is 14.5 Å². The summed E-state index contributed by atoms with van der Waals surface area (Å²) < 4.78 is 18.6. The molecule has 7 nitrogen and oxygen atoms in total. The van der Waals surface area contributed by atoms with E-state index in [1.165, 1.54) is 24.3 Å². The lowest BCUT2D eigenvalue weighted by molar-refractivity contribution is -0.139. The van der Waals surface area contributed by atoms with Gasteiger partial charge in [-0.15, -0.1) is 0 Å². The van der Waals surface area contributed by atoms with Gasteiger partial charge in [0.2, 0.25) is 5.91 Å². The van der Waals surface area contributed by atoms with Crippen molar-refractivity contribution in [3.05, 3.63) is 59.9 Å². The zero-order chi connectivity index (χ0) is 21.5. The lowest BCUT2D eigenvalue weighted by Crippen LogP contribution is -2.53. The number of benzene rings is 2. The largest absolute Gasteiger partial charge is 0.481 e. The summed E-state index contributed by atoms with van der Waals surface area (Å²) in [5.41, 5.74) is 1.07. The summed E-state index contributed by atoms with van der Waals surface area (Å²) >= 11 is 0. The molecule has 0 radical (unpaired) electrons. The van der Waals surface area contributed by atoms with Gasteiger partial charge < -0.3 is 15.0 Å². The molecule has 0 bridgehead atoms. The van der Waals surface area contributed by atoms with E-state index in [-0.39, 0.29) is 24.2 Å². The average molecular weight is 410 g/mol. The Hall–Kier alpha value is -3.44. The van der Waals surface area contributed by atoms with Crippen molar-refractivity contribution in [2.45, 2.75) is 13.0 Å². The second-order valence-electron chi connectivity index (χ2n) is 7.05. The van der Waals surface area contributed by atoms with E-state index >= 15 is 0 Å². The molecule has 0 aromatic heterocycles. The molecule has 2 amide bonds. The van der Waals surface area contributed by atoms with E-state index in [9.17, 15) is 14.0 Å². The topological polar surface area (TPSA) is 85.7 Å². The standard InChI is InChI=1S/C22H23FN4O3/c1-16(30-20-8-2-17(14-24)3-9-20)22(29)27-12-10-26(11-13-27)15-21(28)25-19-6-4-18(23)5-7-19/h2-9,16H,10-13,15H2,1H3,(H,25,28). The van der Waals surface area contributed by atoms with Gasteiger partial charge in [0.1, 0.15) is 11.6 Å². The second kappa shape index (κ2) is 9.85. The predicted octanol–water partition coefficient (Wildman–Crippen LogP) is 2.25. The van der Waals surface area contributed by atoms with Crippen molar-refractivity contribution in [1.82, 2.24) is 9.80 Å². The average Bonchev–Trinajstić information content (AvgIpc) is 2.76. The maximum Gasteiger partial charge on any atom is 0.263 e. The van der Waals surface area contributed by atoms with Gasteiger partial charge in [0.25, 0.3) is 5.91 Å². The maximum atomic E-state index is 12.9. The van der Waals surface area contributed by atoms with E-state index < -0.39 is 6.10 Å². The van der Waals surface area contributed by atoms with Crippen molar-refractivity contribution in [1.29, 1.82) is 5.26 Å². The first-order valence-electron chi connectivity index (χ1n) is 9.68. The highest BCUT2D eigenvalue weighted by atomic mass is 19.1. The summed E-state index contributed by atoms with van der Waals surface area (Å²) in [6.07, 6.45) is -0.647. The van der Waals surface area contributed by atoms with Crippen LogP contribution < -0.4 is 10.1 Å². The molecule has 1 aliphatic rings. The molecule has 1 aliphatic heterocycles. The molecule has 0 spiro atoms. The van der Waals surface area contributed by atoms with Crippen molar-refractivity contribution in [3.8, 4) is 11.8 Å². The Bertz CT molecular complexity index is 917. The van der Waals surface area contributed by atoms with Crippen molar-refractivity contribution in [2.24, 2.45) is 0 Å². The lowest BCUT2D eigenvalue weighted by atomic mass is 10.2. The SMILES string of the molecule is CC(Oc1ccc(C#N)cc1)C(=O)N1CCN(CC(=O)Nc2ccc(F)cc2)CC1. The van der Waals surface area contributed by atoms with Gasteiger partial charge in [-0.2, -0.15) is 5.26 Å². The normalized spacial score (nSPS) is 15.2. The summed E-state index contributed by atoms with van der Waals surface area (Å²) in [6.45, 7) is 4.06. The highest BCUT2D eigenvalue weighted by Gasteiger charge is 2.26. The van der Waals surface area contributed by atoms with Crippen LogP contribution in [-0.4, -0.2) is 60.4 Å². The summed E-state index contributed by atoms with van der Waals surface area (Å²) in [6, 6.07) is 14.3. The van der Waals surface area contributed by atoms with E-state index in [0.717, 1.165) is 0 Å². The van der Waals surface area contributed by atoms with E-state index in [1.807, 2.05) is 11.0 Å². The van der Waals surface area contributed by atoms with Crippen LogP contribution in [0.2, 0.25) is 0 Å². The number of ether oxygens (including phenoxy) is 1. The monoisotopic (exact) mass is 410 g/mol. The summed E-state index contributed by atoms with van der Waals surface area (Å²) in [7, 11) is 0. The molecule has 3 rings (SSSR count). The number of piperazine rings is 1. The highest BCUT2D eigenvalue weighted by Crippen LogP contribution is 2.15. The minimum Gasteiger partial charge on any atom is -0.481 e. The van der Waals surface area contributed by atoms with E-state index in [0.29, 0.717) is 43.2 Å². The lowest BCUT2D eigenvalue weighted by Gasteiger charge is -2.35. The van der Waals surface area contributed by atoms with Gasteiger partial charge in [0.15, 0.2) is 6.10 Å². The quantitative estimate of drug-likeness (QED) is 0.790. The number of halogens is 1. The van der Waals surface area contributed by atoms with Crippen LogP contribution in [0.3, 0.4) is 0 Å². The van der Waals surface area contributed by atoms with Crippen LogP contribution in [0.15, 0.2) is 48.5 Å². The first kappa shape index (κ1) is 21.3. The number of rotatable bonds is 6. The molecule has 2 aromatic carbocycles. The Morgan fingerprint density at radius 3 is 2.33 bits per heavy atom. The fourth-order valence-electron chi connectivity index (χ4n) is 3.18. The molecule has 8 heteroatoms. The number of nitrogens with zero attached hydrogens (tertiary/aromatic N) is 3. The number of hydrogen-bond donors (Lipinski definition) is 1. The molecule has 2 aromatic rings. The Balaban J connectivity index is 1.43. The number of nitriles is 1. The molecule has 1 atom stereocenters. The highest BCUT2D eigenvalue weighted by molar-refractivity contribution is 5.92. The van der Waals surface area contributed by atoms with Crippen molar-refractivity contribution < 1.29 is 18.7 Å². The fourth-order valence-corrected chi connectivity index (χ4v) is 3.18. The molecule has 1 heterocycles. The van der Waals surface area contributed by atoms with Crippen LogP contribution in [0.1, 0.15) is 12.5 Å². The van der Waals surface area contributed by atoms with Gasteiger partial charge in [-0.25, -0.2) is 4.39 Å². The van der Waals surface area contributed by atoms with Gasteiger partial charge in [0, 0.05) is 31.9 Å². The third-order valence-corrected chi connectivity index (χ3v) is 4.82. The van der Waals surface area contributed by atoms with Crippen LogP contribution in [0.25, 0.3) is 0 Å². The van der Waals surface area contributed by atoms with Crippen LogP contribution >= 0.6 is 0 Å². The van der Waals surface area contributed by atoms with Crippen LogP contribution in [0, 0.1) is 17.1 Å². The first-order chi connectivity index (χ1) is 14.4. The Morgan fingerprint density at radius 1 is 1.10 bits per heavy atom. The van der Waals surface area contributed by atoms with Crippen molar-refractivity contribution in [3.63, 3.8) is 0 Å². The number of hydrogen-bond acceptors (Lipinski definition) is 5. The summed E-state index contributed by atoms with van der Waals surface area (Å²) in [4.78, 5) is 28.5. The van der Waals surface area contributed by atoms with E-state index in [2.05, 4.69) is 5.32 Å². The molecule has 156 valence electrons. The third kappa shape index (κ3) is 5.78.